The van der Waals surface area contributed by atoms with E-state index in [0.29, 0.717) is 0 Å². The zero-order valence-corrected chi connectivity index (χ0v) is 8.69. The molecule has 0 aromatic rings. The van der Waals surface area contributed by atoms with Crippen molar-refractivity contribution in [2.45, 2.75) is 30.8 Å². The third-order valence-electron chi connectivity index (χ3n) is 2.57. The molecular formula is C8H16O3Si. The molecule has 2 N–H and O–H groups in total. The van der Waals surface area contributed by atoms with Crippen LogP contribution < -0.4 is 0 Å². The minimum atomic E-state index is -1.93. The van der Waals surface area contributed by atoms with E-state index >= 15 is 0 Å². The summed E-state index contributed by atoms with van der Waals surface area (Å²) in [5, 5.41) is 19.1. The van der Waals surface area contributed by atoms with Crippen LogP contribution in [0.3, 0.4) is 0 Å². The molecule has 70 valence electrons. The Balaban J connectivity index is 2.75. The molecule has 0 aliphatic heterocycles. The van der Waals surface area contributed by atoms with Gasteiger partial charge in [-0.3, -0.25) is 0 Å². The molecule has 3 atom stereocenters. The first-order valence-electron chi connectivity index (χ1n) is 4.08. The number of hydrogen-bond donors (Lipinski definition) is 2. The summed E-state index contributed by atoms with van der Waals surface area (Å²) in [5.74, 6) is 0. The van der Waals surface area contributed by atoms with Crippen LogP contribution in [0.15, 0.2) is 12.2 Å². The highest BCUT2D eigenvalue weighted by atomic mass is 28.4. The van der Waals surface area contributed by atoms with E-state index in [4.69, 9.17) is 4.43 Å². The van der Waals surface area contributed by atoms with Crippen molar-refractivity contribution in [1.29, 1.82) is 0 Å². The van der Waals surface area contributed by atoms with Gasteiger partial charge in [0.1, 0.15) is 0 Å². The smallest absolute Gasteiger partial charge is 0.195 e. The Morgan fingerprint density at radius 1 is 1.17 bits per heavy atom. The van der Waals surface area contributed by atoms with Gasteiger partial charge in [-0.15, -0.1) is 0 Å². The topological polar surface area (TPSA) is 49.7 Å². The zero-order chi connectivity index (χ0) is 9.35. The van der Waals surface area contributed by atoms with Gasteiger partial charge in [-0.1, -0.05) is 12.2 Å². The van der Waals surface area contributed by atoms with E-state index < -0.39 is 20.5 Å². The van der Waals surface area contributed by atoms with E-state index in [9.17, 15) is 10.2 Å². The van der Waals surface area contributed by atoms with Crippen molar-refractivity contribution in [1.82, 2.24) is 0 Å². The number of hydrogen-bond acceptors (Lipinski definition) is 3. The molecule has 1 rings (SSSR count). The predicted octanol–water partition coefficient (Wildman–Crippen LogP) is 0.500. The summed E-state index contributed by atoms with van der Waals surface area (Å²) in [6, 6.07) is 0. The van der Waals surface area contributed by atoms with E-state index in [0.717, 1.165) is 0 Å². The first kappa shape index (κ1) is 9.92. The van der Waals surface area contributed by atoms with Crippen LogP contribution in [0.1, 0.15) is 0 Å². The summed E-state index contributed by atoms with van der Waals surface area (Å²) in [7, 11) is -0.290. The van der Waals surface area contributed by atoms with Crippen molar-refractivity contribution in [2.24, 2.45) is 0 Å². The Bertz CT molecular complexity index is 179. The van der Waals surface area contributed by atoms with Crippen LogP contribution >= 0.6 is 0 Å². The van der Waals surface area contributed by atoms with E-state index in [1.165, 1.54) is 0 Å². The van der Waals surface area contributed by atoms with Gasteiger partial charge in [0.25, 0.3) is 0 Å². The van der Waals surface area contributed by atoms with E-state index in [-0.39, 0.29) is 5.54 Å². The van der Waals surface area contributed by atoms with Gasteiger partial charge in [0.2, 0.25) is 0 Å². The van der Waals surface area contributed by atoms with E-state index in [1.54, 1.807) is 19.3 Å². The fourth-order valence-corrected chi connectivity index (χ4v) is 3.77. The summed E-state index contributed by atoms with van der Waals surface area (Å²) in [5.41, 5.74) is -0.123. The van der Waals surface area contributed by atoms with Crippen LogP contribution in [-0.4, -0.2) is 37.8 Å². The molecule has 4 heteroatoms. The molecule has 0 saturated heterocycles. The SMILES string of the molecule is CO[Si](C)(C)C1[C@H](O)C=C[C@@H]1O. The van der Waals surface area contributed by atoms with Crippen LogP contribution in [0.4, 0.5) is 0 Å². The van der Waals surface area contributed by atoms with Crippen LogP contribution in [-0.2, 0) is 4.43 Å². The van der Waals surface area contributed by atoms with Gasteiger partial charge in [0, 0.05) is 12.7 Å². The minimum Gasteiger partial charge on any atom is -0.420 e. The second-order valence-electron chi connectivity index (χ2n) is 3.70. The maximum Gasteiger partial charge on any atom is 0.195 e. The van der Waals surface area contributed by atoms with Crippen molar-refractivity contribution < 1.29 is 14.6 Å². The van der Waals surface area contributed by atoms with E-state index in [2.05, 4.69) is 0 Å². The molecule has 0 heterocycles. The Morgan fingerprint density at radius 2 is 1.58 bits per heavy atom. The maximum atomic E-state index is 9.53. The van der Waals surface area contributed by atoms with Crippen LogP contribution in [0.5, 0.6) is 0 Å². The van der Waals surface area contributed by atoms with E-state index in [1.807, 2.05) is 13.1 Å². The lowest BCUT2D eigenvalue weighted by Gasteiger charge is -2.31. The number of rotatable bonds is 2. The van der Waals surface area contributed by atoms with Crippen LogP contribution in [0, 0.1) is 0 Å². The fraction of sp³-hybridized carbons (Fsp3) is 0.750. The molecule has 0 aromatic carbocycles. The average Bonchev–Trinajstić information content (AvgIpc) is 2.31. The average molecular weight is 188 g/mol. The lowest BCUT2D eigenvalue weighted by atomic mass is 10.3. The Labute approximate surface area is 73.8 Å². The quantitative estimate of drug-likeness (QED) is 0.490. The van der Waals surface area contributed by atoms with Crippen molar-refractivity contribution in [3.63, 3.8) is 0 Å². The molecular weight excluding hydrogens is 172 g/mol. The molecule has 0 bridgehead atoms. The molecule has 0 aromatic heterocycles. The predicted molar refractivity (Wildman–Crippen MR) is 49.4 cm³/mol. The highest BCUT2D eigenvalue weighted by Crippen LogP contribution is 2.35. The van der Waals surface area contributed by atoms with Crippen molar-refractivity contribution in [3.8, 4) is 0 Å². The first-order valence-corrected chi connectivity index (χ1v) is 7.07. The van der Waals surface area contributed by atoms with Gasteiger partial charge in [0.05, 0.1) is 12.2 Å². The third kappa shape index (κ3) is 1.61. The lowest BCUT2D eigenvalue weighted by molar-refractivity contribution is 0.137. The van der Waals surface area contributed by atoms with Gasteiger partial charge in [-0.05, 0) is 13.1 Å². The lowest BCUT2D eigenvalue weighted by Crippen LogP contribution is -2.43. The summed E-state index contributed by atoms with van der Waals surface area (Å²) in [6.07, 6.45) is 2.20. The molecule has 0 spiro atoms. The van der Waals surface area contributed by atoms with Gasteiger partial charge in [-0.25, -0.2) is 0 Å². The fourth-order valence-electron chi connectivity index (χ4n) is 1.63. The third-order valence-corrected chi connectivity index (χ3v) is 5.91. The Kier molecular flexibility index (Phi) is 2.73. The van der Waals surface area contributed by atoms with Crippen molar-refractivity contribution in [3.05, 3.63) is 12.2 Å². The van der Waals surface area contributed by atoms with Gasteiger partial charge >= 0.3 is 0 Å². The molecule has 0 fully saturated rings. The Morgan fingerprint density at radius 3 is 1.92 bits per heavy atom. The molecule has 0 saturated carbocycles. The molecule has 1 aliphatic carbocycles. The molecule has 12 heavy (non-hydrogen) atoms. The maximum absolute atomic E-state index is 9.53. The molecule has 1 aliphatic rings. The summed E-state index contributed by atoms with van der Waals surface area (Å²) in [6.45, 7) is 3.99. The normalized spacial score (nSPS) is 35.9. The largest absolute Gasteiger partial charge is 0.420 e. The van der Waals surface area contributed by atoms with Crippen LogP contribution in [0.2, 0.25) is 18.6 Å². The molecule has 1 unspecified atom stereocenters. The second kappa shape index (κ2) is 3.30. The molecule has 0 amide bonds. The highest BCUT2D eigenvalue weighted by molar-refractivity contribution is 6.73. The molecule has 3 nitrogen and oxygen atoms in total. The summed E-state index contributed by atoms with van der Waals surface area (Å²) >= 11 is 0. The minimum absolute atomic E-state index is 0.123. The highest BCUT2D eigenvalue weighted by Gasteiger charge is 2.43. The second-order valence-corrected chi connectivity index (χ2v) is 7.98. The Hall–Kier alpha value is -0.163. The van der Waals surface area contributed by atoms with Crippen molar-refractivity contribution >= 4 is 8.32 Å². The summed E-state index contributed by atoms with van der Waals surface area (Å²) < 4.78 is 5.34. The number of aliphatic hydroxyl groups is 2. The molecule has 0 radical (unpaired) electrons. The monoisotopic (exact) mass is 188 g/mol. The van der Waals surface area contributed by atoms with Gasteiger partial charge < -0.3 is 14.6 Å². The van der Waals surface area contributed by atoms with Gasteiger partial charge in [0.15, 0.2) is 8.32 Å². The van der Waals surface area contributed by atoms with Crippen LogP contribution in [0.25, 0.3) is 0 Å². The zero-order valence-electron chi connectivity index (χ0n) is 7.69. The first-order chi connectivity index (χ1) is 5.49. The van der Waals surface area contributed by atoms with Gasteiger partial charge in [-0.2, -0.15) is 0 Å². The van der Waals surface area contributed by atoms with Crippen molar-refractivity contribution in [2.75, 3.05) is 7.11 Å². The number of aliphatic hydroxyl groups excluding tert-OH is 2. The summed E-state index contributed by atoms with van der Waals surface area (Å²) in [4.78, 5) is 0. The standard InChI is InChI=1S/C8H16O3Si/c1-11-12(2,3)8-6(9)4-5-7(8)10/h4-10H,1-3H3/t6-,7+,8?.